The fourth-order valence-electron chi connectivity index (χ4n) is 5.50. The van der Waals surface area contributed by atoms with Gasteiger partial charge in [0.2, 0.25) is 11.8 Å². The molecule has 166 valence electrons. The molecule has 0 saturated carbocycles. The van der Waals surface area contributed by atoms with Gasteiger partial charge in [-0.05, 0) is 55.9 Å². The number of carbonyl (C=O) groups excluding carboxylic acids is 2. The molecule has 2 aliphatic heterocycles. The number of ether oxygens (including phenoxy) is 1. The van der Waals surface area contributed by atoms with Gasteiger partial charge in [-0.25, -0.2) is 4.39 Å². The van der Waals surface area contributed by atoms with Crippen LogP contribution in [-0.2, 0) is 14.3 Å². The van der Waals surface area contributed by atoms with Gasteiger partial charge in [-0.15, -0.1) is 0 Å². The Hall–Kier alpha value is -2.47. The molecule has 2 heterocycles. The van der Waals surface area contributed by atoms with E-state index in [1.807, 2.05) is 13.0 Å². The summed E-state index contributed by atoms with van der Waals surface area (Å²) in [4.78, 5) is 26.7. The molecule has 2 fully saturated rings. The number of fused-ring (bicyclic) bond motifs is 3. The summed E-state index contributed by atoms with van der Waals surface area (Å²) in [6.45, 7) is 4.63. The van der Waals surface area contributed by atoms with Gasteiger partial charge < -0.3 is 9.84 Å². The highest BCUT2D eigenvalue weighted by molar-refractivity contribution is 6.05. The van der Waals surface area contributed by atoms with Gasteiger partial charge >= 0.3 is 0 Å². The number of nitrogens with zero attached hydrogens (tertiary/aromatic N) is 1. The van der Waals surface area contributed by atoms with E-state index >= 15 is 0 Å². The molecule has 0 bridgehead atoms. The van der Waals surface area contributed by atoms with Crippen molar-refractivity contribution in [3.63, 3.8) is 0 Å². The maximum absolute atomic E-state index is 13.6. The molecule has 2 amide bonds. The van der Waals surface area contributed by atoms with Crippen molar-refractivity contribution in [3.05, 3.63) is 46.3 Å². The molecule has 1 aromatic rings. The van der Waals surface area contributed by atoms with Crippen molar-refractivity contribution in [2.24, 2.45) is 17.8 Å². The Bertz CT molecular complexity index is 966. The van der Waals surface area contributed by atoms with E-state index in [9.17, 15) is 19.1 Å². The first-order chi connectivity index (χ1) is 14.8. The van der Waals surface area contributed by atoms with Gasteiger partial charge in [-0.2, -0.15) is 0 Å². The van der Waals surface area contributed by atoms with Crippen LogP contribution in [0, 0.1) is 23.6 Å². The Morgan fingerprint density at radius 1 is 1.29 bits per heavy atom. The molecule has 0 spiro atoms. The van der Waals surface area contributed by atoms with Crippen molar-refractivity contribution in [1.29, 1.82) is 0 Å². The number of phenols is 1. The molecule has 6 heteroatoms. The second kappa shape index (κ2) is 8.58. The maximum atomic E-state index is 13.6. The molecular weight excluding hydrogens is 397 g/mol. The van der Waals surface area contributed by atoms with Crippen molar-refractivity contribution in [2.75, 3.05) is 13.7 Å². The third kappa shape index (κ3) is 3.93. The lowest BCUT2D eigenvalue weighted by atomic mass is 9.68. The zero-order valence-electron chi connectivity index (χ0n) is 18.4. The van der Waals surface area contributed by atoms with Crippen LogP contribution < -0.4 is 0 Å². The van der Waals surface area contributed by atoms with Crippen LogP contribution in [0.1, 0.15) is 51.5 Å². The molecule has 0 aromatic heterocycles. The van der Waals surface area contributed by atoms with Crippen molar-refractivity contribution in [3.8, 4) is 5.75 Å². The second-order valence-corrected chi connectivity index (χ2v) is 9.05. The van der Waals surface area contributed by atoms with Crippen LogP contribution in [0.5, 0.6) is 5.75 Å². The molecule has 31 heavy (non-hydrogen) atoms. The molecule has 1 aromatic carbocycles. The molecule has 4 atom stereocenters. The number of rotatable bonds is 6. The average molecular weight is 428 g/mol. The summed E-state index contributed by atoms with van der Waals surface area (Å²) in [6.07, 6.45) is 6.05. The normalized spacial score (nSPS) is 28.4. The number of allylic oxidation sites excluding steroid dienone is 2. The molecule has 3 aliphatic rings. The van der Waals surface area contributed by atoms with Crippen LogP contribution >= 0.6 is 0 Å². The Kier molecular flexibility index (Phi) is 6.02. The van der Waals surface area contributed by atoms with Crippen molar-refractivity contribution in [1.82, 2.24) is 4.90 Å². The number of amides is 2. The Balaban J connectivity index is 1.52. The van der Waals surface area contributed by atoms with Crippen molar-refractivity contribution >= 4 is 17.9 Å². The molecule has 5 nitrogen and oxygen atoms in total. The number of likely N-dealkylation sites (tertiary alicyclic amines) is 1. The first-order valence-corrected chi connectivity index (χ1v) is 11.1. The van der Waals surface area contributed by atoms with Crippen molar-refractivity contribution < 1.29 is 23.8 Å². The minimum atomic E-state index is -0.629. The Morgan fingerprint density at radius 2 is 2.06 bits per heavy atom. The summed E-state index contributed by atoms with van der Waals surface area (Å²) < 4.78 is 19.8. The van der Waals surface area contributed by atoms with Gasteiger partial charge in [-0.1, -0.05) is 36.6 Å². The number of halogens is 1. The number of imide groups is 1. The lowest BCUT2D eigenvalue weighted by molar-refractivity contribution is -0.138. The van der Waals surface area contributed by atoms with Crippen LogP contribution in [0.4, 0.5) is 4.39 Å². The molecule has 1 N–H and O–H groups in total. The fourth-order valence-corrected chi connectivity index (χ4v) is 5.50. The summed E-state index contributed by atoms with van der Waals surface area (Å²) in [6, 6.07) is 4.37. The zero-order valence-corrected chi connectivity index (χ0v) is 18.4. The predicted octanol–water partition coefficient (Wildman–Crippen LogP) is 4.46. The van der Waals surface area contributed by atoms with Crippen LogP contribution in [0.3, 0.4) is 0 Å². The minimum Gasteiger partial charge on any atom is -0.505 e. The van der Waals surface area contributed by atoms with E-state index in [1.165, 1.54) is 28.2 Å². The highest BCUT2D eigenvalue weighted by Crippen LogP contribution is 2.50. The largest absolute Gasteiger partial charge is 0.505 e. The highest BCUT2D eigenvalue weighted by atomic mass is 19.1. The highest BCUT2D eigenvalue weighted by Gasteiger charge is 2.55. The van der Waals surface area contributed by atoms with Gasteiger partial charge in [0.15, 0.2) is 11.6 Å². The third-order valence-electron chi connectivity index (χ3n) is 6.97. The van der Waals surface area contributed by atoms with E-state index in [-0.39, 0.29) is 41.4 Å². The summed E-state index contributed by atoms with van der Waals surface area (Å²) in [7, 11) is 1.59. The van der Waals surface area contributed by atoms with Gasteiger partial charge in [0.05, 0.1) is 24.5 Å². The lowest BCUT2D eigenvalue weighted by Crippen LogP contribution is -2.34. The summed E-state index contributed by atoms with van der Waals surface area (Å²) in [5, 5.41) is 9.35. The van der Waals surface area contributed by atoms with Gasteiger partial charge in [-0.3, -0.25) is 14.5 Å². The number of benzene rings is 1. The van der Waals surface area contributed by atoms with Gasteiger partial charge in [0.1, 0.15) is 0 Å². The van der Waals surface area contributed by atoms with Crippen LogP contribution in [0.25, 0.3) is 6.08 Å². The lowest BCUT2D eigenvalue weighted by Gasteiger charge is -2.32. The smallest absolute Gasteiger partial charge is 0.233 e. The standard InChI is InChI=1S/C25H30FNO4/c1-4-5-16-12-17-23(25(30)27(3)24(17)29)18-13-31-21(22(16)18)9-6-14(2)10-15-7-8-20(28)19(26)11-15/h7-8,10-11,17-18,21,23,28H,4-6,9,12-13H2,1-3H3/b14-10+/t17-,18+,21-,23-/m1/s1. The van der Waals surface area contributed by atoms with E-state index in [1.54, 1.807) is 13.1 Å². The average Bonchev–Trinajstić information content (AvgIpc) is 3.25. The quantitative estimate of drug-likeness (QED) is 0.538. The third-order valence-corrected chi connectivity index (χ3v) is 6.97. The van der Waals surface area contributed by atoms with E-state index in [0.717, 1.165) is 31.3 Å². The van der Waals surface area contributed by atoms with Crippen LogP contribution in [0.2, 0.25) is 0 Å². The minimum absolute atomic E-state index is 0.00202. The summed E-state index contributed by atoms with van der Waals surface area (Å²) in [5.74, 6) is -1.61. The topological polar surface area (TPSA) is 66.8 Å². The van der Waals surface area contributed by atoms with Crippen molar-refractivity contribution in [2.45, 2.75) is 52.1 Å². The van der Waals surface area contributed by atoms with Gasteiger partial charge in [0, 0.05) is 13.0 Å². The number of aromatic hydroxyl groups is 1. The molecular formula is C25H30FNO4. The summed E-state index contributed by atoms with van der Waals surface area (Å²) in [5.41, 5.74) is 4.36. The second-order valence-electron chi connectivity index (χ2n) is 9.05. The number of hydrogen-bond donors (Lipinski definition) is 1. The fraction of sp³-hybridized carbons (Fsp3) is 0.520. The number of hydrogen-bond acceptors (Lipinski definition) is 4. The Labute approximate surface area is 182 Å². The van der Waals surface area contributed by atoms with Crippen LogP contribution in [0.15, 0.2) is 34.9 Å². The number of phenolic OH excluding ortho intramolecular Hbond substituents is 1. The SMILES string of the molecule is CCCC1=C2[C@@H](CC/C(C)=C/c3ccc(O)c(F)c3)OC[C@@H]2[C@@H]2C(=O)N(C)C(=O)[C@@H]2C1. The van der Waals surface area contributed by atoms with Gasteiger partial charge in [0.25, 0.3) is 0 Å². The van der Waals surface area contributed by atoms with E-state index < -0.39 is 5.82 Å². The first-order valence-electron chi connectivity index (χ1n) is 11.1. The molecule has 0 unspecified atom stereocenters. The van der Waals surface area contributed by atoms with E-state index in [4.69, 9.17) is 4.74 Å². The van der Waals surface area contributed by atoms with Crippen LogP contribution in [-0.4, -0.2) is 41.6 Å². The zero-order chi connectivity index (χ0) is 22.3. The number of carbonyl (C=O) groups is 2. The monoisotopic (exact) mass is 427 g/mol. The molecule has 4 rings (SSSR count). The first kappa shape index (κ1) is 21.8. The van der Waals surface area contributed by atoms with E-state index in [0.29, 0.717) is 18.6 Å². The Morgan fingerprint density at radius 3 is 2.77 bits per heavy atom. The molecule has 1 aliphatic carbocycles. The summed E-state index contributed by atoms with van der Waals surface area (Å²) >= 11 is 0. The van der Waals surface area contributed by atoms with E-state index in [2.05, 4.69) is 6.92 Å². The predicted molar refractivity (Wildman–Crippen MR) is 115 cm³/mol. The molecule has 0 radical (unpaired) electrons. The molecule has 2 saturated heterocycles. The maximum Gasteiger partial charge on any atom is 0.233 e.